The normalized spacial score (nSPS) is 10.6. The van der Waals surface area contributed by atoms with Crippen molar-refractivity contribution in [1.29, 1.82) is 0 Å². The molecule has 0 radical (unpaired) electrons. The Balaban J connectivity index is 2.09. The maximum Gasteiger partial charge on any atom is 0.139 e. The molecule has 3 nitrogen and oxygen atoms in total. The molecule has 1 aromatic rings. The third-order valence-electron chi connectivity index (χ3n) is 2.38. The predicted octanol–water partition coefficient (Wildman–Crippen LogP) is 3.39. The second-order valence-corrected chi connectivity index (χ2v) is 4.72. The first-order valence-corrected chi connectivity index (χ1v) is 6.77. The van der Waals surface area contributed by atoms with Gasteiger partial charge in [0.05, 0.1) is 18.2 Å². The van der Waals surface area contributed by atoms with E-state index in [1.54, 1.807) is 25.3 Å². The molecule has 0 aromatic heterocycles. The van der Waals surface area contributed by atoms with Crippen LogP contribution in [0.3, 0.4) is 0 Å². The Morgan fingerprint density at radius 1 is 1.11 bits per heavy atom. The van der Waals surface area contributed by atoms with Gasteiger partial charge >= 0.3 is 0 Å². The Kier molecular flexibility index (Phi) is 8.18. The highest BCUT2D eigenvalue weighted by Gasteiger charge is 2.01. The fourth-order valence-electron chi connectivity index (χ4n) is 1.42. The van der Waals surface area contributed by atoms with Crippen LogP contribution in [0, 0.1) is 0 Å². The van der Waals surface area contributed by atoms with Gasteiger partial charge in [-0.3, -0.25) is 0 Å². The van der Waals surface area contributed by atoms with Gasteiger partial charge in [0.2, 0.25) is 0 Å². The molecule has 0 aliphatic heterocycles. The van der Waals surface area contributed by atoms with Gasteiger partial charge in [0.25, 0.3) is 0 Å². The highest BCUT2D eigenvalue weighted by molar-refractivity contribution is 6.34. The molecule has 0 amide bonds. The summed E-state index contributed by atoms with van der Waals surface area (Å²) in [4.78, 5) is 0. The van der Waals surface area contributed by atoms with Crippen molar-refractivity contribution in [3.63, 3.8) is 0 Å². The molecule has 0 fully saturated rings. The summed E-state index contributed by atoms with van der Waals surface area (Å²) < 4.78 is 10.5. The summed E-state index contributed by atoms with van der Waals surface area (Å²) in [6.45, 7) is 3.24. The lowest BCUT2D eigenvalue weighted by atomic mass is 10.3. The van der Waals surface area contributed by atoms with Crippen LogP contribution < -0.4 is 10.1 Å². The molecule has 1 aromatic carbocycles. The van der Waals surface area contributed by atoms with E-state index in [0.29, 0.717) is 22.4 Å². The quantitative estimate of drug-likeness (QED) is 0.708. The molecule has 0 aliphatic rings. The number of benzene rings is 1. The number of hydrogen-bond donors (Lipinski definition) is 1. The van der Waals surface area contributed by atoms with Crippen LogP contribution >= 0.6 is 23.2 Å². The maximum atomic E-state index is 5.98. The first-order valence-electron chi connectivity index (χ1n) is 6.01. The van der Waals surface area contributed by atoms with Crippen molar-refractivity contribution in [2.45, 2.75) is 12.8 Å². The van der Waals surface area contributed by atoms with Crippen molar-refractivity contribution in [2.75, 3.05) is 33.4 Å². The van der Waals surface area contributed by atoms with E-state index < -0.39 is 0 Å². The summed E-state index contributed by atoms with van der Waals surface area (Å²) in [5.74, 6) is 0.650. The number of ether oxygens (including phenoxy) is 2. The van der Waals surface area contributed by atoms with Crippen LogP contribution in [0.2, 0.25) is 10.0 Å². The Morgan fingerprint density at radius 3 is 2.72 bits per heavy atom. The zero-order chi connectivity index (χ0) is 13.2. The Labute approximate surface area is 118 Å². The second kappa shape index (κ2) is 9.45. The molecule has 102 valence electrons. The van der Waals surface area contributed by atoms with Crippen LogP contribution in [0.25, 0.3) is 0 Å². The van der Waals surface area contributed by atoms with Gasteiger partial charge < -0.3 is 14.8 Å². The average molecular weight is 292 g/mol. The minimum atomic E-state index is 0.595. The van der Waals surface area contributed by atoms with Crippen LogP contribution in [0.5, 0.6) is 5.75 Å². The van der Waals surface area contributed by atoms with Gasteiger partial charge in [-0.2, -0.15) is 0 Å². The summed E-state index contributed by atoms with van der Waals surface area (Å²) in [5, 5.41) is 4.51. The summed E-state index contributed by atoms with van der Waals surface area (Å²) in [6.07, 6.45) is 2.03. The molecule has 0 aliphatic carbocycles. The SMILES string of the molecule is COCCNCCCCOc1cc(Cl)ccc1Cl. The fourth-order valence-corrected chi connectivity index (χ4v) is 1.76. The summed E-state index contributed by atoms with van der Waals surface area (Å²) >= 11 is 11.9. The van der Waals surface area contributed by atoms with Gasteiger partial charge in [0, 0.05) is 24.7 Å². The van der Waals surface area contributed by atoms with Crippen LogP contribution in [0.1, 0.15) is 12.8 Å². The van der Waals surface area contributed by atoms with E-state index in [1.165, 1.54) is 0 Å². The van der Waals surface area contributed by atoms with E-state index >= 15 is 0 Å². The molecule has 0 unspecified atom stereocenters. The number of halogens is 2. The van der Waals surface area contributed by atoms with Crippen molar-refractivity contribution in [3.8, 4) is 5.75 Å². The lowest BCUT2D eigenvalue weighted by Crippen LogP contribution is -2.20. The molecule has 1 N–H and O–H groups in total. The van der Waals surface area contributed by atoms with Crippen LogP contribution in [0.15, 0.2) is 18.2 Å². The lowest BCUT2D eigenvalue weighted by Gasteiger charge is -2.08. The smallest absolute Gasteiger partial charge is 0.139 e. The van der Waals surface area contributed by atoms with Gasteiger partial charge in [-0.25, -0.2) is 0 Å². The van der Waals surface area contributed by atoms with Crippen LogP contribution in [0.4, 0.5) is 0 Å². The topological polar surface area (TPSA) is 30.5 Å². The third kappa shape index (κ3) is 6.45. The van der Waals surface area contributed by atoms with E-state index in [4.69, 9.17) is 32.7 Å². The number of hydrogen-bond acceptors (Lipinski definition) is 3. The highest BCUT2D eigenvalue weighted by Crippen LogP contribution is 2.27. The molecule has 5 heteroatoms. The minimum absolute atomic E-state index is 0.595. The van der Waals surface area contributed by atoms with Crippen molar-refractivity contribution in [1.82, 2.24) is 5.32 Å². The summed E-state index contributed by atoms with van der Waals surface area (Å²) in [7, 11) is 1.70. The zero-order valence-corrected chi connectivity index (χ0v) is 12.1. The largest absolute Gasteiger partial charge is 0.492 e. The van der Waals surface area contributed by atoms with Crippen molar-refractivity contribution >= 4 is 23.2 Å². The minimum Gasteiger partial charge on any atom is -0.492 e. The molecule has 0 atom stereocenters. The number of methoxy groups -OCH3 is 1. The second-order valence-electron chi connectivity index (χ2n) is 3.87. The Bertz CT molecular complexity index is 348. The van der Waals surface area contributed by atoms with Gasteiger partial charge in [-0.05, 0) is 31.5 Å². The van der Waals surface area contributed by atoms with Gasteiger partial charge in [0.15, 0.2) is 0 Å². The number of rotatable bonds is 9. The summed E-state index contributed by atoms with van der Waals surface area (Å²) in [6, 6.07) is 5.22. The molecular weight excluding hydrogens is 273 g/mol. The number of unbranched alkanes of at least 4 members (excludes halogenated alkanes) is 1. The molecule has 0 saturated heterocycles. The van der Waals surface area contributed by atoms with E-state index in [-0.39, 0.29) is 0 Å². The van der Waals surface area contributed by atoms with Crippen LogP contribution in [-0.4, -0.2) is 33.4 Å². The summed E-state index contributed by atoms with van der Waals surface area (Å²) in [5.41, 5.74) is 0. The number of nitrogens with one attached hydrogen (secondary N) is 1. The molecule has 18 heavy (non-hydrogen) atoms. The van der Waals surface area contributed by atoms with Gasteiger partial charge in [-0.15, -0.1) is 0 Å². The average Bonchev–Trinajstić information content (AvgIpc) is 2.36. The third-order valence-corrected chi connectivity index (χ3v) is 2.93. The van der Waals surface area contributed by atoms with Gasteiger partial charge in [0.1, 0.15) is 5.75 Å². The van der Waals surface area contributed by atoms with Crippen molar-refractivity contribution < 1.29 is 9.47 Å². The fraction of sp³-hybridized carbons (Fsp3) is 0.538. The zero-order valence-electron chi connectivity index (χ0n) is 10.5. The van der Waals surface area contributed by atoms with Crippen molar-refractivity contribution in [3.05, 3.63) is 28.2 Å². The molecule has 1 rings (SSSR count). The van der Waals surface area contributed by atoms with E-state index in [9.17, 15) is 0 Å². The molecule has 0 saturated carbocycles. The Morgan fingerprint density at radius 2 is 1.94 bits per heavy atom. The van der Waals surface area contributed by atoms with E-state index in [1.807, 2.05) is 0 Å². The highest BCUT2D eigenvalue weighted by atomic mass is 35.5. The molecule has 0 spiro atoms. The standard InChI is InChI=1S/C13H19Cl2NO2/c1-17-9-7-16-6-2-3-8-18-13-10-11(14)4-5-12(13)15/h4-5,10,16H,2-3,6-9H2,1H3. The maximum absolute atomic E-state index is 5.98. The van der Waals surface area contributed by atoms with E-state index in [0.717, 1.165) is 32.5 Å². The Hall–Kier alpha value is -0.480. The molecule has 0 bridgehead atoms. The predicted molar refractivity (Wildman–Crippen MR) is 75.9 cm³/mol. The first kappa shape index (κ1) is 15.6. The van der Waals surface area contributed by atoms with Crippen molar-refractivity contribution in [2.24, 2.45) is 0 Å². The molecule has 0 heterocycles. The van der Waals surface area contributed by atoms with Gasteiger partial charge in [-0.1, -0.05) is 23.2 Å². The monoisotopic (exact) mass is 291 g/mol. The molecular formula is C13H19Cl2NO2. The lowest BCUT2D eigenvalue weighted by molar-refractivity contribution is 0.199. The van der Waals surface area contributed by atoms with Crippen LogP contribution in [-0.2, 0) is 4.74 Å². The first-order chi connectivity index (χ1) is 8.74. The van der Waals surface area contributed by atoms with E-state index in [2.05, 4.69) is 5.32 Å².